The van der Waals surface area contributed by atoms with Crippen LogP contribution in [0.2, 0.25) is 0 Å². The van der Waals surface area contributed by atoms with Gasteiger partial charge in [-0.15, -0.1) is 24.8 Å². The zero-order valence-corrected chi connectivity index (χ0v) is 19.3. The van der Waals surface area contributed by atoms with Crippen LogP contribution in [0.15, 0.2) is 24.3 Å². The third-order valence-corrected chi connectivity index (χ3v) is 5.27. The van der Waals surface area contributed by atoms with Crippen molar-refractivity contribution in [2.45, 2.75) is 65.0 Å². The van der Waals surface area contributed by atoms with E-state index in [1.807, 2.05) is 18.2 Å². The largest absolute Gasteiger partial charge is 0.371 e. The average molecular weight is 447 g/mol. The molecule has 1 aliphatic heterocycles. The quantitative estimate of drug-likeness (QED) is 0.539. The second-order valence-corrected chi connectivity index (χ2v) is 7.58. The molecule has 1 saturated heterocycles. The number of halogens is 2. The lowest BCUT2D eigenvalue weighted by Gasteiger charge is -2.23. The Morgan fingerprint density at radius 1 is 1.14 bits per heavy atom. The van der Waals surface area contributed by atoms with E-state index in [1.54, 1.807) is 13.8 Å². The molecule has 2 rings (SSSR count). The molecule has 3 atom stereocenters. The van der Waals surface area contributed by atoms with Gasteiger partial charge in [0.1, 0.15) is 6.04 Å². The Kier molecular flexibility index (Phi) is 13.0. The van der Waals surface area contributed by atoms with Crippen LogP contribution >= 0.6 is 24.8 Å². The molecule has 4 N–H and O–H groups in total. The van der Waals surface area contributed by atoms with Crippen molar-refractivity contribution in [3.63, 3.8) is 0 Å². The zero-order chi connectivity index (χ0) is 19.8. The summed E-state index contributed by atoms with van der Waals surface area (Å²) in [7, 11) is 0. The van der Waals surface area contributed by atoms with Crippen LogP contribution in [-0.4, -0.2) is 37.0 Å². The number of nitrogens with zero attached hydrogens (tertiary/aromatic N) is 1. The highest BCUT2D eigenvalue weighted by Crippen LogP contribution is 2.23. The van der Waals surface area contributed by atoms with Gasteiger partial charge in [0, 0.05) is 36.4 Å². The lowest BCUT2D eigenvalue weighted by Crippen LogP contribution is -2.48. The predicted octanol–water partition coefficient (Wildman–Crippen LogP) is 3.73. The topological polar surface area (TPSA) is 87.5 Å². The van der Waals surface area contributed by atoms with Crippen LogP contribution in [0.3, 0.4) is 0 Å². The monoisotopic (exact) mass is 446 g/mol. The highest BCUT2D eigenvalue weighted by molar-refractivity contribution is 5.97. The second-order valence-electron chi connectivity index (χ2n) is 7.58. The molecular weight excluding hydrogens is 411 g/mol. The first kappa shape index (κ1) is 27.5. The van der Waals surface area contributed by atoms with Crippen molar-refractivity contribution in [1.29, 1.82) is 0 Å². The molecule has 1 aliphatic rings. The van der Waals surface area contributed by atoms with E-state index < -0.39 is 6.04 Å². The lowest BCUT2D eigenvalue weighted by atomic mass is 10.0. The molecule has 0 bridgehead atoms. The molecular formula is C21H36Cl2N4O2. The van der Waals surface area contributed by atoms with Crippen LogP contribution in [0.5, 0.6) is 0 Å². The Bertz CT molecular complexity index is 637. The molecule has 3 unspecified atom stereocenters. The van der Waals surface area contributed by atoms with Crippen LogP contribution in [0.1, 0.15) is 52.9 Å². The minimum atomic E-state index is -0.547. The molecule has 1 heterocycles. The number of benzene rings is 1. The first-order chi connectivity index (χ1) is 12.9. The summed E-state index contributed by atoms with van der Waals surface area (Å²) in [4.78, 5) is 27.5. The minimum absolute atomic E-state index is 0. The molecule has 1 aromatic rings. The van der Waals surface area contributed by atoms with Gasteiger partial charge in [-0.25, -0.2) is 0 Å². The molecule has 1 aromatic carbocycles. The summed E-state index contributed by atoms with van der Waals surface area (Å²) in [6, 6.07) is 7.13. The van der Waals surface area contributed by atoms with E-state index in [0.29, 0.717) is 6.42 Å². The number of rotatable bonds is 9. The fourth-order valence-electron chi connectivity index (χ4n) is 3.20. The number of nitrogens with two attached hydrogens (primary N) is 1. The van der Waals surface area contributed by atoms with Gasteiger partial charge in [0.25, 0.3) is 0 Å². The van der Waals surface area contributed by atoms with Crippen LogP contribution in [0.25, 0.3) is 0 Å². The number of carbonyl (C=O) groups is 2. The van der Waals surface area contributed by atoms with Crippen LogP contribution in [0.4, 0.5) is 11.4 Å². The van der Waals surface area contributed by atoms with E-state index in [4.69, 9.17) is 5.73 Å². The van der Waals surface area contributed by atoms with Gasteiger partial charge in [-0.2, -0.15) is 0 Å². The summed E-state index contributed by atoms with van der Waals surface area (Å²) < 4.78 is 0. The molecule has 166 valence electrons. The van der Waals surface area contributed by atoms with Gasteiger partial charge in [0.05, 0.1) is 0 Å². The molecule has 29 heavy (non-hydrogen) atoms. The zero-order valence-electron chi connectivity index (χ0n) is 17.6. The molecule has 1 fully saturated rings. The van der Waals surface area contributed by atoms with Crippen LogP contribution < -0.4 is 21.3 Å². The summed E-state index contributed by atoms with van der Waals surface area (Å²) in [6.07, 6.45) is 4.87. The fraction of sp³-hybridized carbons (Fsp3) is 0.619. The van der Waals surface area contributed by atoms with Crippen molar-refractivity contribution in [1.82, 2.24) is 5.32 Å². The van der Waals surface area contributed by atoms with Crippen molar-refractivity contribution < 1.29 is 9.59 Å². The van der Waals surface area contributed by atoms with Crippen LogP contribution in [-0.2, 0) is 9.59 Å². The molecule has 0 spiro atoms. The van der Waals surface area contributed by atoms with E-state index in [2.05, 4.69) is 28.5 Å². The minimum Gasteiger partial charge on any atom is -0.371 e. The Morgan fingerprint density at radius 2 is 1.79 bits per heavy atom. The maximum atomic E-state index is 12.8. The molecule has 2 amide bonds. The molecule has 0 aromatic heterocycles. The molecule has 0 radical (unpaired) electrons. The summed E-state index contributed by atoms with van der Waals surface area (Å²) in [5, 5.41) is 5.86. The van der Waals surface area contributed by atoms with Crippen LogP contribution in [0, 0.1) is 5.92 Å². The molecule has 6 nitrogen and oxygen atoms in total. The van der Waals surface area contributed by atoms with E-state index >= 15 is 0 Å². The summed E-state index contributed by atoms with van der Waals surface area (Å²) in [5.41, 5.74) is 7.72. The third-order valence-electron chi connectivity index (χ3n) is 5.27. The molecule has 8 heteroatoms. The fourth-order valence-corrected chi connectivity index (χ4v) is 3.20. The highest BCUT2D eigenvalue weighted by Gasteiger charge is 2.25. The van der Waals surface area contributed by atoms with Gasteiger partial charge >= 0.3 is 0 Å². The number of amides is 2. The SMILES string of the molecule is CCCCC(NC(=O)C(C)C(C)N)C(=O)Nc1cccc(N2CCCC2)c1.Cl.Cl. The van der Waals surface area contributed by atoms with Gasteiger partial charge in [-0.1, -0.05) is 32.8 Å². The van der Waals surface area contributed by atoms with Crippen molar-refractivity contribution in [3.8, 4) is 0 Å². The number of carbonyl (C=O) groups excluding carboxylic acids is 2. The van der Waals surface area contributed by atoms with Gasteiger partial charge < -0.3 is 21.3 Å². The summed E-state index contributed by atoms with van der Waals surface area (Å²) >= 11 is 0. The Morgan fingerprint density at radius 3 is 2.38 bits per heavy atom. The summed E-state index contributed by atoms with van der Waals surface area (Å²) in [6.45, 7) is 7.77. The Hall–Kier alpha value is -1.50. The van der Waals surface area contributed by atoms with Gasteiger partial charge in [0.15, 0.2) is 0 Å². The number of hydrogen-bond acceptors (Lipinski definition) is 4. The van der Waals surface area contributed by atoms with Gasteiger partial charge in [-0.3, -0.25) is 9.59 Å². The van der Waals surface area contributed by atoms with Crippen molar-refractivity contribution >= 4 is 48.0 Å². The molecule has 0 aliphatic carbocycles. The number of anilines is 2. The number of hydrogen-bond donors (Lipinski definition) is 3. The number of unbranched alkanes of at least 4 members (excludes halogenated alkanes) is 1. The Labute approximate surface area is 187 Å². The second kappa shape index (κ2) is 13.7. The van der Waals surface area contributed by atoms with Crippen molar-refractivity contribution in [2.24, 2.45) is 11.7 Å². The highest BCUT2D eigenvalue weighted by atomic mass is 35.5. The van der Waals surface area contributed by atoms with E-state index in [-0.39, 0.29) is 48.6 Å². The first-order valence-corrected chi connectivity index (χ1v) is 10.1. The normalized spacial score (nSPS) is 16.1. The third kappa shape index (κ3) is 8.41. The van der Waals surface area contributed by atoms with E-state index in [1.165, 1.54) is 12.8 Å². The van der Waals surface area contributed by atoms with Gasteiger partial charge in [-0.05, 0) is 44.4 Å². The van der Waals surface area contributed by atoms with Crippen molar-refractivity contribution in [2.75, 3.05) is 23.3 Å². The first-order valence-electron chi connectivity index (χ1n) is 10.1. The van der Waals surface area contributed by atoms with Crippen molar-refractivity contribution in [3.05, 3.63) is 24.3 Å². The number of nitrogens with one attached hydrogen (secondary N) is 2. The van der Waals surface area contributed by atoms with E-state index in [9.17, 15) is 9.59 Å². The average Bonchev–Trinajstić information content (AvgIpc) is 3.19. The summed E-state index contributed by atoms with van der Waals surface area (Å²) in [5.74, 6) is -0.681. The maximum Gasteiger partial charge on any atom is 0.246 e. The van der Waals surface area contributed by atoms with E-state index in [0.717, 1.165) is 37.3 Å². The standard InChI is InChI=1S/C21H34N4O2.2ClH/c1-4-5-11-19(24-20(26)15(2)16(3)22)21(27)23-17-9-8-10-18(14-17)25-12-6-7-13-25;;/h8-10,14-16,19H,4-7,11-13,22H2,1-3H3,(H,23,27)(H,24,26);2*1H. The maximum absolute atomic E-state index is 12.8. The molecule has 0 saturated carbocycles. The van der Waals surface area contributed by atoms with Gasteiger partial charge in [0.2, 0.25) is 11.8 Å². The predicted molar refractivity (Wildman–Crippen MR) is 125 cm³/mol. The smallest absolute Gasteiger partial charge is 0.246 e. The lowest BCUT2D eigenvalue weighted by molar-refractivity contribution is -0.129. The Balaban J connectivity index is 0.00000392.